The number of hydrogen-bond donors (Lipinski definition) is 2. The summed E-state index contributed by atoms with van der Waals surface area (Å²) >= 11 is 0.853. The van der Waals surface area contributed by atoms with Gasteiger partial charge < -0.3 is 28.8 Å². The number of phenols is 1. The number of aryl methyl sites for hydroxylation is 1. The van der Waals surface area contributed by atoms with Gasteiger partial charge in [0.1, 0.15) is 16.7 Å². The molecule has 0 saturated heterocycles. The van der Waals surface area contributed by atoms with E-state index in [0.29, 0.717) is 5.56 Å². The van der Waals surface area contributed by atoms with Gasteiger partial charge >= 0.3 is 17.9 Å². The maximum atomic E-state index is 13.2. The third-order valence-corrected chi connectivity index (χ3v) is 7.79. The van der Waals surface area contributed by atoms with E-state index < -0.39 is 51.6 Å². The summed E-state index contributed by atoms with van der Waals surface area (Å²) in [6.07, 6.45) is -2.83. The van der Waals surface area contributed by atoms with E-state index in [-0.39, 0.29) is 45.0 Å². The van der Waals surface area contributed by atoms with Crippen molar-refractivity contribution in [1.29, 1.82) is 0 Å². The molecular formula is C26H23NO12S. The maximum absolute atomic E-state index is 13.2. The molecule has 3 aromatic rings. The summed E-state index contributed by atoms with van der Waals surface area (Å²) in [6, 6.07) is 7.31. The second kappa shape index (κ2) is 11.0. The van der Waals surface area contributed by atoms with Crippen molar-refractivity contribution >= 4 is 46.3 Å². The topological polar surface area (TPSA) is 193 Å². The number of thioether (sulfide) groups is 1. The maximum Gasteiger partial charge on any atom is 0.347 e. The number of phenolic OH excluding ortho intramolecular Hbond substituents is 1. The predicted octanol–water partition coefficient (Wildman–Crippen LogP) is 2.42. The Kier molecular flexibility index (Phi) is 7.84. The van der Waals surface area contributed by atoms with Gasteiger partial charge in [-0.3, -0.25) is 14.9 Å². The fraction of sp³-hybridized carbons (Fsp3) is 0.308. The summed E-state index contributed by atoms with van der Waals surface area (Å²) in [5.41, 5.74) is -2.61. The van der Waals surface area contributed by atoms with Gasteiger partial charge in [-0.15, -0.1) is 0 Å². The Balaban J connectivity index is 1.66. The number of methoxy groups -OCH3 is 2. The molecule has 0 radical (unpaired) electrons. The van der Waals surface area contributed by atoms with Gasteiger partial charge in [-0.1, -0.05) is 11.8 Å². The first-order valence-electron chi connectivity index (χ1n) is 11.7. The molecule has 0 fully saturated rings. The second-order valence-corrected chi connectivity index (χ2v) is 10.2. The summed E-state index contributed by atoms with van der Waals surface area (Å²) in [6.45, 7) is 1.70. The van der Waals surface area contributed by atoms with Gasteiger partial charge in [-0.2, -0.15) is 0 Å². The number of hydrogen-bond acceptors (Lipinski definition) is 13. The van der Waals surface area contributed by atoms with E-state index in [9.17, 15) is 39.5 Å². The zero-order valence-electron chi connectivity index (χ0n) is 21.4. The summed E-state index contributed by atoms with van der Waals surface area (Å²) in [5.74, 6) is -3.63. The molecule has 40 heavy (non-hydrogen) atoms. The third-order valence-electron chi connectivity index (χ3n) is 6.41. The minimum Gasteiger partial charge on any atom is -0.507 e. The zero-order chi connectivity index (χ0) is 29.4. The van der Waals surface area contributed by atoms with E-state index in [2.05, 4.69) is 0 Å². The van der Waals surface area contributed by atoms with E-state index >= 15 is 0 Å². The van der Waals surface area contributed by atoms with Crippen LogP contribution in [0.25, 0.3) is 11.0 Å². The fourth-order valence-electron chi connectivity index (χ4n) is 4.37. The Morgan fingerprint density at radius 3 is 2.48 bits per heavy atom. The molecule has 0 amide bonds. The summed E-state index contributed by atoms with van der Waals surface area (Å²) in [4.78, 5) is 61.6. The standard InChI is InChI=1S/C26H23NO12S/c1-12-8-16(28)20-17(9-12)39-24-15(21(20)29)10-19(40-24)26(33,25(32)37-3)11-18(23(31)36-2)38-22(30)13-4-6-14(7-5-13)27(34)35/h4-9,18-19,28,33H,10-11H2,1-3H3/t18-,19+,26-/m1/s1. The largest absolute Gasteiger partial charge is 0.507 e. The predicted molar refractivity (Wildman–Crippen MR) is 138 cm³/mol. The van der Waals surface area contributed by atoms with Crippen LogP contribution in [0, 0.1) is 17.0 Å². The number of ether oxygens (including phenoxy) is 3. The molecule has 0 bridgehead atoms. The Labute approximate surface area is 229 Å². The lowest BCUT2D eigenvalue weighted by Crippen LogP contribution is -2.53. The lowest BCUT2D eigenvalue weighted by Gasteiger charge is -2.32. The van der Waals surface area contributed by atoms with Crippen LogP contribution >= 0.6 is 11.8 Å². The highest BCUT2D eigenvalue weighted by molar-refractivity contribution is 8.00. The highest BCUT2D eigenvalue weighted by atomic mass is 32.2. The third kappa shape index (κ3) is 5.22. The number of carbonyl (C=O) groups is 3. The Morgan fingerprint density at radius 1 is 1.20 bits per heavy atom. The minimum atomic E-state index is -2.49. The first-order valence-corrected chi connectivity index (χ1v) is 12.6. The van der Waals surface area contributed by atoms with Gasteiger partial charge in [0.05, 0.1) is 35.5 Å². The van der Waals surface area contributed by atoms with Crippen molar-refractivity contribution in [2.45, 2.75) is 41.8 Å². The molecule has 1 aliphatic heterocycles. The fourth-order valence-corrected chi connectivity index (χ4v) is 5.72. The second-order valence-electron chi connectivity index (χ2n) is 9.01. The molecule has 4 rings (SSSR count). The van der Waals surface area contributed by atoms with Crippen LogP contribution in [0.2, 0.25) is 0 Å². The Bertz CT molecular complexity index is 1580. The number of esters is 3. The van der Waals surface area contributed by atoms with Gasteiger partial charge in [0.2, 0.25) is 11.5 Å². The van der Waals surface area contributed by atoms with E-state index in [0.717, 1.165) is 50.2 Å². The van der Waals surface area contributed by atoms with Gasteiger partial charge in [-0.25, -0.2) is 14.4 Å². The minimum absolute atomic E-state index is 0.0586. The van der Waals surface area contributed by atoms with E-state index in [1.54, 1.807) is 13.0 Å². The van der Waals surface area contributed by atoms with Crippen molar-refractivity contribution in [3.8, 4) is 5.75 Å². The summed E-state index contributed by atoms with van der Waals surface area (Å²) in [7, 11) is 2.02. The van der Waals surface area contributed by atoms with Gasteiger partial charge in [0.25, 0.3) is 5.69 Å². The summed E-state index contributed by atoms with van der Waals surface area (Å²) < 4.78 is 20.6. The SMILES string of the molecule is COC(=O)[C@@H](C[C@](O)(C(=O)OC)[C@@H]1Cc2c(oc3cc(C)cc(O)c3c2=O)S1)OC(=O)c1ccc([N+](=O)[O-])cc1. The van der Waals surface area contributed by atoms with E-state index in [4.69, 9.17) is 18.6 Å². The number of non-ortho nitro benzene ring substituents is 1. The smallest absolute Gasteiger partial charge is 0.347 e. The quantitative estimate of drug-likeness (QED) is 0.173. The Hall–Kier alpha value is -4.43. The first-order chi connectivity index (χ1) is 18.9. The van der Waals surface area contributed by atoms with Crippen LogP contribution in [-0.2, 0) is 30.2 Å². The zero-order valence-corrected chi connectivity index (χ0v) is 22.2. The molecule has 1 aliphatic rings. The van der Waals surface area contributed by atoms with Crippen molar-refractivity contribution in [2.24, 2.45) is 0 Å². The molecule has 0 unspecified atom stereocenters. The van der Waals surface area contributed by atoms with Crippen LogP contribution in [0.4, 0.5) is 5.69 Å². The van der Waals surface area contributed by atoms with Crippen LogP contribution in [0.15, 0.2) is 50.7 Å². The van der Waals surface area contributed by atoms with Crippen molar-refractivity contribution in [2.75, 3.05) is 14.2 Å². The number of nitro benzene ring substituents is 1. The number of rotatable bonds is 8. The molecule has 0 aliphatic carbocycles. The number of aliphatic hydroxyl groups is 1. The number of benzene rings is 2. The van der Waals surface area contributed by atoms with Gasteiger partial charge in [0, 0.05) is 18.6 Å². The molecule has 210 valence electrons. The molecule has 0 spiro atoms. The highest BCUT2D eigenvalue weighted by Crippen LogP contribution is 2.45. The van der Waals surface area contributed by atoms with Crippen LogP contribution < -0.4 is 5.43 Å². The number of carbonyl (C=O) groups excluding carboxylic acids is 3. The van der Waals surface area contributed by atoms with Crippen LogP contribution in [0.1, 0.15) is 27.9 Å². The molecule has 13 nitrogen and oxygen atoms in total. The highest BCUT2D eigenvalue weighted by Gasteiger charge is 2.53. The lowest BCUT2D eigenvalue weighted by molar-refractivity contribution is -0.384. The van der Waals surface area contributed by atoms with Gasteiger partial charge in [0.15, 0.2) is 10.7 Å². The number of aromatic hydroxyl groups is 1. The van der Waals surface area contributed by atoms with Crippen molar-refractivity contribution < 1.29 is 48.1 Å². The molecule has 0 saturated carbocycles. The van der Waals surface area contributed by atoms with Crippen LogP contribution in [-0.4, -0.2) is 64.2 Å². The van der Waals surface area contributed by atoms with Crippen molar-refractivity contribution in [3.63, 3.8) is 0 Å². The number of nitrogens with zero attached hydrogens (tertiary/aromatic N) is 1. The molecule has 3 atom stereocenters. The average molecular weight is 574 g/mol. The lowest BCUT2D eigenvalue weighted by atomic mass is 9.88. The number of fused-ring (bicyclic) bond motifs is 2. The van der Waals surface area contributed by atoms with E-state index in [1.807, 2.05) is 0 Å². The van der Waals surface area contributed by atoms with Crippen molar-refractivity contribution in [3.05, 3.63) is 73.4 Å². The van der Waals surface area contributed by atoms with E-state index in [1.165, 1.54) is 6.07 Å². The molecule has 1 aromatic heterocycles. The average Bonchev–Trinajstić information content (AvgIpc) is 3.36. The van der Waals surface area contributed by atoms with Crippen molar-refractivity contribution in [1.82, 2.24) is 0 Å². The van der Waals surface area contributed by atoms with Gasteiger partial charge in [-0.05, 0) is 43.2 Å². The monoisotopic (exact) mass is 573 g/mol. The first kappa shape index (κ1) is 28.6. The number of nitro groups is 1. The Morgan fingerprint density at radius 2 is 1.88 bits per heavy atom. The summed E-state index contributed by atoms with van der Waals surface area (Å²) in [5, 5.41) is 31.7. The molecular weight excluding hydrogens is 550 g/mol. The molecule has 2 aromatic carbocycles. The normalized spacial score (nSPS) is 16.4. The molecule has 2 heterocycles. The molecule has 14 heteroatoms. The molecule has 2 N–H and O–H groups in total. The van der Waals surface area contributed by atoms with Crippen LogP contribution in [0.5, 0.6) is 5.75 Å². The van der Waals surface area contributed by atoms with Crippen LogP contribution in [0.3, 0.4) is 0 Å².